The number of hydrogen-bond donors (Lipinski definition) is 0. The van der Waals surface area contributed by atoms with Crippen LogP contribution in [0.1, 0.15) is 27.2 Å². The van der Waals surface area contributed by atoms with Crippen molar-refractivity contribution in [2.24, 2.45) is 5.41 Å². The Bertz CT molecular complexity index is 79.6. The van der Waals surface area contributed by atoms with E-state index in [1.165, 1.54) is 6.94 Å². The molecule has 0 bridgehead atoms. The molecule has 62 valence electrons. The molecule has 5 heteroatoms. The molecule has 0 aromatic rings. The molecule has 0 rings (SSSR count). The molecule has 0 saturated heterocycles. The molecule has 0 saturated carbocycles. The molecule has 0 unspecified atom stereocenters. The molecular weight excluding hydrogens is 179 g/mol. The first-order valence-electron chi connectivity index (χ1n) is 3.72. The Morgan fingerprint density at radius 2 is 1.45 bits per heavy atom. The van der Waals surface area contributed by atoms with Gasteiger partial charge in [-0.1, -0.05) is 0 Å². The van der Waals surface area contributed by atoms with Crippen LogP contribution in [0.15, 0.2) is 0 Å². The fourth-order valence-electron chi connectivity index (χ4n) is 0.750. The van der Waals surface area contributed by atoms with Crippen molar-refractivity contribution in [1.29, 1.82) is 0 Å². The van der Waals surface area contributed by atoms with Gasteiger partial charge in [-0.25, -0.2) is 0 Å². The van der Waals surface area contributed by atoms with E-state index in [1.54, 1.807) is 0 Å². The first-order chi connectivity index (χ1) is 4.79. The molecule has 0 aromatic heterocycles. The van der Waals surface area contributed by atoms with Gasteiger partial charge in [0.15, 0.2) is 0 Å². The Morgan fingerprint density at radius 1 is 1.18 bits per heavy atom. The van der Waals surface area contributed by atoms with E-state index in [0.717, 1.165) is 49.0 Å². The molecule has 0 N–H and O–H groups in total. The van der Waals surface area contributed by atoms with Crippen LogP contribution in [0.3, 0.4) is 0 Å². The zero-order valence-electron chi connectivity index (χ0n) is 7.63. The summed E-state index contributed by atoms with van der Waals surface area (Å²) in [6.07, 6.45) is 1.42. The van der Waals surface area contributed by atoms with Crippen molar-refractivity contribution in [3.05, 3.63) is 0 Å². The van der Waals surface area contributed by atoms with Gasteiger partial charge in [0.05, 0.1) is 0 Å². The zero-order valence-corrected chi connectivity index (χ0v) is 10.7. The molecule has 0 nitrogen and oxygen atoms in total. The van der Waals surface area contributed by atoms with Crippen LogP contribution in [-0.4, -0.2) is 56.5 Å². The van der Waals surface area contributed by atoms with Crippen LogP contribution in [0.2, 0.25) is 0.515 Å². The third kappa shape index (κ3) is 34.3. The molecule has 0 radical (unpaired) electrons. The fourth-order valence-corrected chi connectivity index (χ4v) is 3.09. The van der Waals surface area contributed by atoms with Gasteiger partial charge in [0.2, 0.25) is 0 Å². The van der Waals surface area contributed by atoms with Gasteiger partial charge >= 0.3 is 89.6 Å². The van der Waals surface area contributed by atoms with E-state index in [0.29, 0.717) is 5.41 Å². The molecule has 0 heterocycles. The van der Waals surface area contributed by atoms with E-state index in [-0.39, 0.29) is 0 Å². The van der Waals surface area contributed by atoms with Gasteiger partial charge in [-0.3, -0.25) is 12.9 Å². The molecule has 0 aliphatic carbocycles. The smallest absolute Gasteiger partial charge is 0.254 e. The Kier molecular flexibility index (Phi) is 11.0. The summed E-state index contributed by atoms with van der Waals surface area (Å²) in [5.41, 5.74) is 0.597. The summed E-state index contributed by atoms with van der Waals surface area (Å²) in [4.78, 5) is 0. The molecule has 0 aliphatic rings. The number of halogens is 3. The van der Waals surface area contributed by atoms with Gasteiger partial charge in [-0.15, -0.1) is 0 Å². The van der Waals surface area contributed by atoms with Crippen LogP contribution in [0.25, 0.3) is 0 Å². The van der Waals surface area contributed by atoms with Crippen molar-refractivity contribution in [2.75, 3.05) is 0 Å². The molecule has 0 aromatic carbocycles. The van der Waals surface area contributed by atoms with Crippen molar-refractivity contribution in [3.63, 3.8) is 0 Å². The second-order valence-corrected chi connectivity index (χ2v) is 5.12. The predicted octanol–water partition coefficient (Wildman–Crippen LogP) is 2.89. The molecule has 0 fully saturated rings. The van der Waals surface area contributed by atoms with E-state index in [1.807, 2.05) is 0 Å². The minimum Gasteiger partial charge on any atom is -0.254 e. The maximum Gasteiger partial charge on any atom is 0.762 e. The van der Waals surface area contributed by atoms with Crippen LogP contribution < -0.4 is 0 Å². The summed E-state index contributed by atoms with van der Waals surface area (Å²) < 4.78 is 30.5. The second kappa shape index (κ2) is 8.11. The van der Waals surface area contributed by atoms with E-state index >= 15 is 0 Å². The summed E-state index contributed by atoms with van der Waals surface area (Å²) >= 11 is 1.07. The summed E-state index contributed by atoms with van der Waals surface area (Å²) in [5, 5.41) is 0. The summed E-state index contributed by atoms with van der Waals surface area (Å²) in [6, 6.07) is 0. The van der Waals surface area contributed by atoms with Crippen molar-refractivity contribution in [1.82, 2.24) is 0 Å². The Balaban J connectivity index is 0. The van der Waals surface area contributed by atoms with Crippen LogP contribution in [-0.2, 0) is 0 Å². The molecule has 11 heavy (non-hydrogen) atoms. The number of rotatable bonds is 1. The van der Waals surface area contributed by atoms with Gasteiger partial charge in [0.1, 0.15) is 0 Å². The van der Waals surface area contributed by atoms with Crippen molar-refractivity contribution in [3.8, 4) is 0 Å². The molecular formula is C6H13BF3K. The topological polar surface area (TPSA) is 0 Å². The van der Waals surface area contributed by atoms with Crippen LogP contribution in [0, 0.1) is 5.41 Å². The van der Waals surface area contributed by atoms with Crippen LogP contribution >= 0.6 is 0 Å². The van der Waals surface area contributed by atoms with Crippen molar-refractivity contribution >= 4 is 56.5 Å². The van der Waals surface area contributed by atoms with Crippen LogP contribution in [0.4, 0.5) is 12.9 Å². The average molecular weight is 192 g/mol. The van der Waals surface area contributed by atoms with Gasteiger partial charge in [-0.05, 0) is 0 Å². The summed E-state index contributed by atoms with van der Waals surface area (Å²) in [5.74, 6) is 0. The standard InChI is InChI=1S/C6H13.BF3.K/c1-5-6(2,3)4;2-1(3)4;/h1,5H2,2-4H3;;. The first-order valence-corrected chi connectivity index (χ1v) is 5.92. The maximum atomic E-state index is 9.67. The van der Waals surface area contributed by atoms with E-state index in [4.69, 9.17) is 0 Å². The second-order valence-electron chi connectivity index (χ2n) is 3.56. The monoisotopic (exact) mass is 192 g/mol. The quantitative estimate of drug-likeness (QED) is 0.560. The average Bonchev–Trinajstić information content (AvgIpc) is 1.58. The van der Waals surface area contributed by atoms with Gasteiger partial charge in [0.25, 0.3) is 0 Å². The minimum absolute atomic E-state index is 0.597. The largest absolute Gasteiger partial charge is 0.762 e. The van der Waals surface area contributed by atoms with Crippen molar-refractivity contribution < 1.29 is 12.9 Å². The third-order valence-corrected chi connectivity index (χ3v) is 1.78. The summed E-state index contributed by atoms with van der Waals surface area (Å²) in [6.45, 7) is 6.91. The predicted molar refractivity (Wildman–Crippen MR) is 43.7 cm³/mol. The Hall–Kier alpha value is 1.49. The maximum absolute atomic E-state index is 9.67. The molecule has 0 spiro atoms. The molecule has 0 aliphatic heterocycles. The Morgan fingerprint density at radius 3 is 1.45 bits per heavy atom. The molecule has 0 amide bonds. The van der Waals surface area contributed by atoms with Crippen LogP contribution in [0.5, 0.6) is 0 Å². The Labute approximate surface area is 101 Å². The third-order valence-electron chi connectivity index (χ3n) is 1.000. The minimum atomic E-state index is -3.67. The van der Waals surface area contributed by atoms with Crippen molar-refractivity contribution in [2.45, 2.75) is 27.7 Å². The van der Waals surface area contributed by atoms with E-state index < -0.39 is 7.54 Å². The normalized spacial score (nSPS) is 10.2. The number of hydrogen-bond acceptors (Lipinski definition) is 0. The first kappa shape index (κ1) is 15.0. The summed E-state index contributed by atoms with van der Waals surface area (Å²) in [7, 11) is -3.67. The zero-order chi connectivity index (χ0) is 9.49. The van der Waals surface area contributed by atoms with Gasteiger partial charge in [-0.2, -0.15) is 0 Å². The van der Waals surface area contributed by atoms with E-state index in [9.17, 15) is 12.9 Å². The van der Waals surface area contributed by atoms with E-state index in [2.05, 4.69) is 20.8 Å². The SMILES string of the molecule is CC(C)(C)C[CH2][K].FB(F)F. The fraction of sp³-hybridized carbons (Fsp3) is 1.00. The molecule has 0 atom stereocenters. The van der Waals surface area contributed by atoms with Gasteiger partial charge in [0, 0.05) is 0 Å². The van der Waals surface area contributed by atoms with Gasteiger partial charge < -0.3 is 0 Å².